The monoisotopic (exact) mass is 265 g/mol. The van der Waals surface area contributed by atoms with Gasteiger partial charge in [-0.1, -0.05) is 0 Å². The number of carbonyl (C=O) groups excluding carboxylic acids is 1. The van der Waals surface area contributed by atoms with Crippen molar-refractivity contribution in [2.24, 2.45) is 0 Å². The summed E-state index contributed by atoms with van der Waals surface area (Å²) in [5.74, 6) is -0.921. The summed E-state index contributed by atoms with van der Waals surface area (Å²) in [5, 5.41) is 11.4. The van der Waals surface area contributed by atoms with Crippen LogP contribution in [0.5, 0.6) is 0 Å². The maximum atomic E-state index is 12.0. The normalized spacial score (nSPS) is 10.3. The largest absolute Gasteiger partial charge is 0.481 e. The highest BCUT2D eigenvalue weighted by Crippen LogP contribution is 2.09. The zero-order chi connectivity index (χ0) is 14.4. The van der Waals surface area contributed by atoms with Gasteiger partial charge in [0.25, 0.3) is 0 Å². The Bertz CT molecular complexity index is 443. The van der Waals surface area contributed by atoms with Crippen LogP contribution in [-0.2, 0) is 4.79 Å². The summed E-state index contributed by atoms with van der Waals surface area (Å²) in [4.78, 5) is 28.2. The highest BCUT2D eigenvalue weighted by Gasteiger charge is 2.17. The van der Waals surface area contributed by atoms with Gasteiger partial charge in [-0.05, 0) is 32.9 Å². The molecule has 2 N–H and O–H groups in total. The number of carbonyl (C=O) groups is 2. The number of aryl methyl sites for hydroxylation is 1. The topological polar surface area (TPSA) is 82.5 Å². The predicted molar refractivity (Wildman–Crippen MR) is 72.1 cm³/mol. The second-order valence-electron chi connectivity index (χ2n) is 4.55. The third-order valence-electron chi connectivity index (χ3n) is 2.61. The maximum Gasteiger partial charge on any atom is 0.322 e. The van der Waals surface area contributed by atoms with E-state index in [-0.39, 0.29) is 25.0 Å². The van der Waals surface area contributed by atoms with Gasteiger partial charge >= 0.3 is 12.0 Å². The van der Waals surface area contributed by atoms with Crippen LogP contribution in [0.25, 0.3) is 0 Å². The van der Waals surface area contributed by atoms with Crippen LogP contribution in [0, 0.1) is 6.92 Å². The first kappa shape index (κ1) is 14.9. The lowest BCUT2D eigenvalue weighted by atomic mass is 10.3. The lowest BCUT2D eigenvalue weighted by molar-refractivity contribution is -0.137. The van der Waals surface area contributed by atoms with Gasteiger partial charge in [-0.25, -0.2) is 4.79 Å². The minimum Gasteiger partial charge on any atom is -0.481 e. The van der Waals surface area contributed by atoms with E-state index in [1.165, 1.54) is 4.90 Å². The molecule has 2 amide bonds. The molecule has 0 spiro atoms. The molecule has 0 saturated carbocycles. The van der Waals surface area contributed by atoms with Crippen LogP contribution in [-0.4, -0.2) is 39.6 Å². The SMILES string of the molecule is Cc1ccc(NC(=O)N(CCC(=O)O)C(C)C)cn1. The van der Waals surface area contributed by atoms with Crippen LogP contribution >= 0.6 is 0 Å². The Morgan fingerprint density at radius 1 is 1.42 bits per heavy atom. The Morgan fingerprint density at radius 3 is 2.58 bits per heavy atom. The summed E-state index contributed by atoms with van der Waals surface area (Å²) < 4.78 is 0. The number of anilines is 1. The van der Waals surface area contributed by atoms with Gasteiger partial charge in [0.05, 0.1) is 18.3 Å². The van der Waals surface area contributed by atoms with Crippen molar-refractivity contribution in [3.8, 4) is 0 Å². The highest BCUT2D eigenvalue weighted by atomic mass is 16.4. The van der Waals surface area contributed by atoms with Crippen LogP contribution in [0.2, 0.25) is 0 Å². The first-order valence-electron chi connectivity index (χ1n) is 6.12. The fourth-order valence-corrected chi connectivity index (χ4v) is 1.55. The first-order valence-corrected chi connectivity index (χ1v) is 6.12. The van der Waals surface area contributed by atoms with Gasteiger partial charge in [0.1, 0.15) is 0 Å². The van der Waals surface area contributed by atoms with Crippen molar-refractivity contribution in [1.82, 2.24) is 9.88 Å². The molecule has 1 rings (SSSR count). The van der Waals surface area contributed by atoms with Crippen molar-refractivity contribution in [3.63, 3.8) is 0 Å². The van der Waals surface area contributed by atoms with Gasteiger partial charge in [-0.3, -0.25) is 9.78 Å². The van der Waals surface area contributed by atoms with Crippen molar-refractivity contribution < 1.29 is 14.7 Å². The number of carboxylic acid groups (broad SMARTS) is 1. The maximum absolute atomic E-state index is 12.0. The van der Waals surface area contributed by atoms with Crippen molar-refractivity contribution in [2.75, 3.05) is 11.9 Å². The Balaban J connectivity index is 2.66. The molecule has 0 unspecified atom stereocenters. The summed E-state index contributed by atoms with van der Waals surface area (Å²) in [6, 6.07) is 3.17. The number of urea groups is 1. The molecular weight excluding hydrogens is 246 g/mol. The molecule has 19 heavy (non-hydrogen) atoms. The summed E-state index contributed by atoms with van der Waals surface area (Å²) in [5.41, 5.74) is 1.46. The number of amides is 2. The molecule has 104 valence electrons. The van der Waals surface area contributed by atoms with Gasteiger partial charge < -0.3 is 15.3 Å². The van der Waals surface area contributed by atoms with E-state index in [4.69, 9.17) is 5.11 Å². The summed E-state index contributed by atoms with van der Waals surface area (Å²) >= 11 is 0. The molecule has 1 aromatic heterocycles. The number of aliphatic carboxylic acids is 1. The molecule has 0 saturated heterocycles. The minimum absolute atomic E-state index is 0.0715. The van der Waals surface area contributed by atoms with Gasteiger partial charge in [-0.2, -0.15) is 0 Å². The van der Waals surface area contributed by atoms with E-state index < -0.39 is 5.97 Å². The summed E-state index contributed by atoms with van der Waals surface area (Å²) in [6.07, 6.45) is 1.50. The van der Waals surface area contributed by atoms with E-state index in [2.05, 4.69) is 10.3 Å². The number of nitrogens with zero attached hydrogens (tertiary/aromatic N) is 2. The molecule has 1 aromatic rings. The van der Waals surface area contributed by atoms with E-state index >= 15 is 0 Å². The predicted octanol–water partition coefficient (Wildman–Crippen LogP) is 2.11. The van der Waals surface area contributed by atoms with Crippen LogP contribution in [0.3, 0.4) is 0 Å². The number of hydrogen-bond acceptors (Lipinski definition) is 3. The van der Waals surface area contributed by atoms with Crippen molar-refractivity contribution in [2.45, 2.75) is 33.2 Å². The van der Waals surface area contributed by atoms with Gasteiger partial charge in [-0.15, -0.1) is 0 Å². The highest BCUT2D eigenvalue weighted by molar-refractivity contribution is 5.89. The Morgan fingerprint density at radius 2 is 2.11 bits per heavy atom. The number of nitrogens with one attached hydrogen (secondary N) is 1. The standard InChI is InChI=1S/C13H19N3O3/c1-9(2)16(7-6-12(17)18)13(19)15-11-5-4-10(3)14-8-11/h4-5,8-9H,6-7H2,1-3H3,(H,15,19)(H,17,18). The molecular formula is C13H19N3O3. The van der Waals surface area contributed by atoms with Gasteiger partial charge in [0.15, 0.2) is 0 Å². The molecule has 0 radical (unpaired) electrons. The number of rotatable bonds is 5. The van der Waals surface area contributed by atoms with Crippen molar-refractivity contribution in [1.29, 1.82) is 0 Å². The fourth-order valence-electron chi connectivity index (χ4n) is 1.55. The second-order valence-corrected chi connectivity index (χ2v) is 4.55. The van der Waals surface area contributed by atoms with E-state index in [9.17, 15) is 9.59 Å². The Hall–Kier alpha value is -2.11. The minimum atomic E-state index is -0.921. The van der Waals surface area contributed by atoms with Crippen LogP contribution in [0.15, 0.2) is 18.3 Å². The smallest absolute Gasteiger partial charge is 0.322 e. The van der Waals surface area contributed by atoms with E-state index in [1.807, 2.05) is 20.8 Å². The second kappa shape index (κ2) is 6.72. The lowest BCUT2D eigenvalue weighted by Crippen LogP contribution is -2.41. The lowest BCUT2D eigenvalue weighted by Gasteiger charge is -2.26. The molecule has 1 heterocycles. The van der Waals surface area contributed by atoms with Gasteiger partial charge in [0, 0.05) is 18.3 Å². The third-order valence-corrected chi connectivity index (χ3v) is 2.61. The molecule has 0 aromatic carbocycles. The average Bonchev–Trinajstić information content (AvgIpc) is 2.31. The fraction of sp³-hybridized carbons (Fsp3) is 0.462. The first-order chi connectivity index (χ1) is 8.90. The third kappa shape index (κ3) is 4.95. The van der Waals surface area contributed by atoms with Crippen molar-refractivity contribution >= 4 is 17.7 Å². The molecule has 0 aliphatic carbocycles. The zero-order valence-electron chi connectivity index (χ0n) is 11.4. The van der Waals surface area contributed by atoms with Crippen LogP contribution in [0.1, 0.15) is 26.0 Å². The van der Waals surface area contributed by atoms with E-state index in [1.54, 1.807) is 18.3 Å². The molecule has 0 fully saturated rings. The molecule has 0 aliphatic rings. The number of hydrogen-bond donors (Lipinski definition) is 2. The van der Waals surface area contributed by atoms with E-state index in [0.29, 0.717) is 5.69 Å². The molecule has 0 bridgehead atoms. The number of carboxylic acids is 1. The van der Waals surface area contributed by atoms with Crippen LogP contribution < -0.4 is 5.32 Å². The summed E-state index contributed by atoms with van der Waals surface area (Å²) in [6.45, 7) is 5.72. The van der Waals surface area contributed by atoms with E-state index in [0.717, 1.165) is 5.69 Å². The molecule has 6 nitrogen and oxygen atoms in total. The van der Waals surface area contributed by atoms with Gasteiger partial charge in [0.2, 0.25) is 0 Å². The quantitative estimate of drug-likeness (QED) is 0.854. The van der Waals surface area contributed by atoms with Crippen molar-refractivity contribution in [3.05, 3.63) is 24.0 Å². The average molecular weight is 265 g/mol. The van der Waals surface area contributed by atoms with Crippen LogP contribution in [0.4, 0.5) is 10.5 Å². The Labute approximate surface area is 112 Å². The zero-order valence-corrected chi connectivity index (χ0v) is 11.4. The summed E-state index contributed by atoms with van der Waals surface area (Å²) in [7, 11) is 0. The molecule has 6 heteroatoms. The molecule has 0 atom stereocenters. The Kier molecular flexibility index (Phi) is 5.29. The molecule has 0 aliphatic heterocycles. The number of aromatic nitrogens is 1. The number of pyridine rings is 1.